The van der Waals surface area contributed by atoms with Crippen molar-refractivity contribution in [2.75, 3.05) is 0 Å². The zero-order valence-electron chi connectivity index (χ0n) is 13.6. The smallest absolute Gasteiger partial charge is 0.226 e. The third-order valence-corrected chi connectivity index (χ3v) is 6.99. The van der Waals surface area contributed by atoms with Crippen molar-refractivity contribution in [2.45, 2.75) is 83.7 Å². The molecule has 5 aliphatic rings. The van der Waals surface area contributed by atoms with Crippen LogP contribution in [-0.4, -0.2) is 18.0 Å². The van der Waals surface area contributed by atoms with Crippen LogP contribution in [0.4, 0.5) is 0 Å². The zero-order chi connectivity index (χ0) is 14.9. The van der Waals surface area contributed by atoms with E-state index in [1.54, 1.807) is 0 Å². The molecule has 0 spiro atoms. The standard InChI is InChI=1S/C18H30N2O/c1-16-6-12-7-17(2,9-16)11-18(8-12,10-16)15(21)20-14-5-3-4-13(14)19/h12-14H,3-11,19H2,1-2H3,(H,20,21). The van der Waals surface area contributed by atoms with E-state index in [0.717, 1.165) is 44.4 Å². The quantitative estimate of drug-likeness (QED) is 0.821. The average Bonchev–Trinajstić information content (AvgIpc) is 2.70. The second-order valence-corrected chi connectivity index (χ2v) is 9.59. The molecule has 0 heterocycles. The van der Waals surface area contributed by atoms with Gasteiger partial charge >= 0.3 is 0 Å². The van der Waals surface area contributed by atoms with Crippen LogP contribution in [0.1, 0.15) is 71.6 Å². The highest BCUT2D eigenvalue weighted by atomic mass is 16.2. The van der Waals surface area contributed by atoms with Gasteiger partial charge in [-0.25, -0.2) is 0 Å². The fourth-order valence-electron chi connectivity index (χ4n) is 7.19. The molecule has 0 aliphatic heterocycles. The SMILES string of the molecule is CC12CC3CC(C)(C1)CC(C(=O)NC1CCCC1N)(C3)C2. The van der Waals surface area contributed by atoms with E-state index in [4.69, 9.17) is 5.73 Å². The van der Waals surface area contributed by atoms with Gasteiger partial charge in [0.05, 0.1) is 5.41 Å². The van der Waals surface area contributed by atoms with Gasteiger partial charge in [-0.05, 0) is 74.5 Å². The fraction of sp³-hybridized carbons (Fsp3) is 0.944. The first-order chi connectivity index (χ1) is 9.82. The maximum absolute atomic E-state index is 13.1. The monoisotopic (exact) mass is 290 g/mol. The number of amides is 1. The first-order valence-electron chi connectivity index (χ1n) is 8.88. The topological polar surface area (TPSA) is 55.1 Å². The molecule has 1 amide bonds. The van der Waals surface area contributed by atoms with Crippen molar-refractivity contribution in [2.24, 2.45) is 27.9 Å². The summed E-state index contributed by atoms with van der Waals surface area (Å²) in [4.78, 5) is 13.1. The Morgan fingerprint density at radius 2 is 1.71 bits per heavy atom. The van der Waals surface area contributed by atoms with Gasteiger partial charge in [0, 0.05) is 12.1 Å². The summed E-state index contributed by atoms with van der Waals surface area (Å²) >= 11 is 0. The summed E-state index contributed by atoms with van der Waals surface area (Å²) in [5.74, 6) is 1.12. The lowest BCUT2D eigenvalue weighted by Crippen LogP contribution is -2.61. The summed E-state index contributed by atoms with van der Waals surface area (Å²) in [6.07, 6.45) is 10.7. The molecule has 5 rings (SSSR count). The van der Waals surface area contributed by atoms with E-state index in [2.05, 4.69) is 19.2 Å². The lowest BCUT2D eigenvalue weighted by molar-refractivity contribution is -0.170. The largest absolute Gasteiger partial charge is 0.351 e. The summed E-state index contributed by atoms with van der Waals surface area (Å²) in [5, 5.41) is 3.36. The van der Waals surface area contributed by atoms with Gasteiger partial charge < -0.3 is 11.1 Å². The first-order valence-corrected chi connectivity index (χ1v) is 8.88. The van der Waals surface area contributed by atoms with Gasteiger partial charge in [0.1, 0.15) is 0 Å². The first kappa shape index (κ1) is 14.0. The van der Waals surface area contributed by atoms with E-state index in [1.165, 1.54) is 19.3 Å². The summed E-state index contributed by atoms with van der Waals surface area (Å²) in [6, 6.07) is 0.403. The Morgan fingerprint density at radius 1 is 1.05 bits per heavy atom. The molecule has 3 N–H and O–H groups in total. The van der Waals surface area contributed by atoms with Crippen LogP contribution >= 0.6 is 0 Å². The van der Waals surface area contributed by atoms with Crippen LogP contribution in [-0.2, 0) is 4.79 Å². The Morgan fingerprint density at radius 3 is 2.24 bits per heavy atom. The third kappa shape index (κ3) is 2.15. The lowest BCUT2D eigenvalue weighted by Gasteiger charge is -2.64. The Hall–Kier alpha value is -0.570. The summed E-state index contributed by atoms with van der Waals surface area (Å²) in [7, 11) is 0. The van der Waals surface area contributed by atoms with Crippen LogP contribution in [0, 0.1) is 22.2 Å². The highest BCUT2D eigenvalue weighted by Crippen LogP contribution is 2.69. The number of nitrogens with one attached hydrogen (secondary N) is 1. The average molecular weight is 290 g/mol. The number of carbonyl (C=O) groups excluding carboxylic acids is 1. The molecular weight excluding hydrogens is 260 g/mol. The third-order valence-electron chi connectivity index (χ3n) is 6.99. The zero-order valence-corrected chi connectivity index (χ0v) is 13.6. The van der Waals surface area contributed by atoms with E-state index in [9.17, 15) is 4.79 Å². The Labute approximate surface area is 128 Å². The van der Waals surface area contributed by atoms with Crippen molar-refractivity contribution >= 4 is 5.91 Å². The number of rotatable bonds is 2. The second-order valence-electron chi connectivity index (χ2n) is 9.59. The fourth-order valence-corrected chi connectivity index (χ4v) is 7.19. The summed E-state index contributed by atoms with van der Waals surface area (Å²) in [5.41, 5.74) is 6.89. The van der Waals surface area contributed by atoms with Gasteiger partial charge in [-0.1, -0.05) is 13.8 Å². The van der Waals surface area contributed by atoms with Crippen LogP contribution in [0.2, 0.25) is 0 Å². The molecule has 3 heteroatoms. The van der Waals surface area contributed by atoms with Gasteiger partial charge in [-0.15, -0.1) is 0 Å². The minimum atomic E-state index is -0.0781. The Balaban J connectivity index is 1.57. The van der Waals surface area contributed by atoms with Gasteiger partial charge in [0.2, 0.25) is 5.91 Å². The number of hydrogen-bond acceptors (Lipinski definition) is 2. The van der Waals surface area contributed by atoms with Crippen molar-refractivity contribution in [3.63, 3.8) is 0 Å². The van der Waals surface area contributed by atoms with Crippen LogP contribution in [0.3, 0.4) is 0 Å². The molecule has 4 bridgehead atoms. The van der Waals surface area contributed by atoms with Gasteiger partial charge in [0.15, 0.2) is 0 Å². The van der Waals surface area contributed by atoms with Crippen LogP contribution in [0.5, 0.6) is 0 Å². The Bertz CT molecular complexity index is 456. The lowest BCUT2D eigenvalue weighted by atomic mass is 9.40. The summed E-state index contributed by atoms with van der Waals surface area (Å²) in [6.45, 7) is 4.86. The molecule has 0 aromatic heterocycles. The van der Waals surface area contributed by atoms with Crippen molar-refractivity contribution in [3.8, 4) is 0 Å². The molecule has 0 aromatic rings. The van der Waals surface area contributed by atoms with Crippen molar-refractivity contribution in [3.05, 3.63) is 0 Å². The highest BCUT2D eigenvalue weighted by molar-refractivity contribution is 5.83. The molecule has 5 fully saturated rings. The Kier molecular flexibility index (Phi) is 2.84. The molecule has 0 saturated heterocycles. The molecular formula is C18H30N2O. The maximum Gasteiger partial charge on any atom is 0.226 e. The van der Waals surface area contributed by atoms with E-state index < -0.39 is 0 Å². The highest BCUT2D eigenvalue weighted by Gasteiger charge is 2.62. The van der Waals surface area contributed by atoms with E-state index in [-0.39, 0.29) is 17.5 Å². The van der Waals surface area contributed by atoms with Gasteiger partial charge in [0.25, 0.3) is 0 Å². The summed E-state index contributed by atoms with van der Waals surface area (Å²) < 4.78 is 0. The second kappa shape index (κ2) is 4.24. The molecule has 118 valence electrons. The molecule has 4 unspecified atom stereocenters. The van der Waals surface area contributed by atoms with Crippen molar-refractivity contribution in [1.29, 1.82) is 0 Å². The van der Waals surface area contributed by atoms with Crippen LogP contribution < -0.4 is 11.1 Å². The predicted molar refractivity (Wildman–Crippen MR) is 83.6 cm³/mol. The van der Waals surface area contributed by atoms with E-state index in [1.807, 2.05) is 0 Å². The number of nitrogens with two attached hydrogens (primary N) is 1. The van der Waals surface area contributed by atoms with E-state index in [0.29, 0.717) is 16.7 Å². The molecule has 0 aromatic carbocycles. The molecule has 5 saturated carbocycles. The minimum absolute atomic E-state index is 0.0781. The maximum atomic E-state index is 13.1. The molecule has 5 aliphatic carbocycles. The van der Waals surface area contributed by atoms with Crippen molar-refractivity contribution in [1.82, 2.24) is 5.32 Å². The van der Waals surface area contributed by atoms with Gasteiger partial charge in [-0.2, -0.15) is 0 Å². The molecule has 4 atom stereocenters. The van der Waals surface area contributed by atoms with E-state index >= 15 is 0 Å². The number of hydrogen-bond donors (Lipinski definition) is 2. The predicted octanol–water partition coefficient (Wildman–Crippen LogP) is 2.98. The normalized spacial score (nSPS) is 54.9. The van der Waals surface area contributed by atoms with Crippen LogP contribution in [0.15, 0.2) is 0 Å². The molecule has 0 radical (unpaired) electrons. The molecule has 3 nitrogen and oxygen atoms in total. The van der Waals surface area contributed by atoms with Crippen LogP contribution in [0.25, 0.3) is 0 Å². The minimum Gasteiger partial charge on any atom is -0.351 e. The molecule has 21 heavy (non-hydrogen) atoms. The van der Waals surface area contributed by atoms with Gasteiger partial charge in [-0.3, -0.25) is 4.79 Å². The number of carbonyl (C=O) groups is 1. The van der Waals surface area contributed by atoms with Crippen molar-refractivity contribution < 1.29 is 4.79 Å².